The Kier molecular flexibility index (Phi) is 2.31. The first-order valence-corrected chi connectivity index (χ1v) is 5.98. The van der Waals surface area contributed by atoms with Crippen LogP contribution in [0.15, 0.2) is 24.3 Å². The summed E-state index contributed by atoms with van der Waals surface area (Å²) in [6, 6.07) is 8.63. The van der Waals surface area contributed by atoms with E-state index >= 15 is 0 Å². The molecule has 1 heterocycles. The quantitative estimate of drug-likeness (QED) is 0.790. The zero-order valence-corrected chi connectivity index (χ0v) is 9.20. The Balaban J connectivity index is 1.69. The third-order valence-electron chi connectivity index (χ3n) is 3.29. The van der Waals surface area contributed by atoms with Crippen LogP contribution >= 0.6 is 0 Å². The number of amides is 1. The van der Waals surface area contributed by atoms with Crippen molar-refractivity contribution in [3.63, 3.8) is 0 Å². The number of rotatable bonds is 2. The lowest BCUT2D eigenvalue weighted by Gasteiger charge is -2.26. The smallest absolute Gasteiger partial charge is 0.242 e. The lowest BCUT2D eigenvalue weighted by atomic mass is 9.98. The van der Waals surface area contributed by atoms with Crippen molar-refractivity contribution in [1.29, 1.82) is 0 Å². The molecule has 0 bridgehead atoms. The normalized spacial score (nSPS) is 23.1. The maximum absolute atomic E-state index is 11.9. The van der Waals surface area contributed by atoms with Crippen molar-refractivity contribution >= 4 is 11.6 Å². The summed E-state index contributed by atoms with van der Waals surface area (Å²) < 4.78 is 0. The van der Waals surface area contributed by atoms with Crippen LogP contribution in [0.2, 0.25) is 0 Å². The monoisotopic (exact) mass is 216 g/mol. The number of aryl methyl sites for hydroxylation is 1. The highest BCUT2D eigenvalue weighted by molar-refractivity contribution is 5.86. The van der Waals surface area contributed by atoms with E-state index in [9.17, 15) is 4.79 Å². The van der Waals surface area contributed by atoms with Gasteiger partial charge < -0.3 is 10.6 Å². The van der Waals surface area contributed by atoms with Crippen molar-refractivity contribution in [3.8, 4) is 0 Å². The van der Waals surface area contributed by atoms with E-state index in [-0.39, 0.29) is 11.9 Å². The van der Waals surface area contributed by atoms with Gasteiger partial charge in [0, 0.05) is 11.7 Å². The van der Waals surface area contributed by atoms with Crippen LogP contribution in [0.25, 0.3) is 0 Å². The molecule has 1 aromatic rings. The van der Waals surface area contributed by atoms with Crippen molar-refractivity contribution in [2.24, 2.45) is 0 Å². The van der Waals surface area contributed by atoms with Crippen LogP contribution in [-0.2, 0) is 11.2 Å². The van der Waals surface area contributed by atoms with Crippen molar-refractivity contribution in [2.45, 2.75) is 37.8 Å². The third-order valence-corrected chi connectivity index (χ3v) is 3.29. The van der Waals surface area contributed by atoms with Crippen LogP contribution in [0.1, 0.15) is 24.8 Å². The summed E-state index contributed by atoms with van der Waals surface area (Å²) in [4.78, 5) is 11.9. The van der Waals surface area contributed by atoms with Crippen molar-refractivity contribution in [1.82, 2.24) is 5.32 Å². The van der Waals surface area contributed by atoms with Gasteiger partial charge in [0.2, 0.25) is 5.91 Å². The Morgan fingerprint density at radius 1 is 1.25 bits per heavy atom. The second-order valence-corrected chi connectivity index (χ2v) is 4.68. The molecular weight excluding hydrogens is 200 g/mol. The van der Waals surface area contributed by atoms with E-state index in [4.69, 9.17) is 0 Å². The van der Waals surface area contributed by atoms with Crippen LogP contribution in [0, 0.1) is 0 Å². The highest BCUT2D eigenvalue weighted by Crippen LogP contribution is 2.25. The second kappa shape index (κ2) is 3.81. The van der Waals surface area contributed by atoms with E-state index in [0.29, 0.717) is 6.04 Å². The molecule has 0 aromatic heterocycles. The van der Waals surface area contributed by atoms with Crippen LogP contribution in [0.5, 0.6) is 0 Å². The molecule has 1 fully saturated rings. The number of fused-ring (bicyclic) bond motifs is 1. The maximum atomic E-state index is 11.9. The molecule has 1 saturated carbocycles. The summed E-state index contributed by atoms with van der Waals surface area (Å²) in [6.07, 6.45) is 4.19. The Bertz CT molecular complexity index is 412. The third kappa shape index (κ3) is 1.90. The molecule has 3 rings (SSSR count). The minimum Gasteiger partial charge on any atom is -0.373 e. The van der Waals surface area contributed by atoms with E-state index in [1.165, 1.54) is 5.56 Å². The Morgan fingerprint density at radius 2 is 2.06 bits per heavy atom. The Hall–Kier alpha value is -1.51. The molecule has 1 aliphatic carbocycles. The average Bonchev–Trinajstić information content (AvgIpc) is 3.12. The predicted molar refractivity (Wildman–Crippen MR) is 63.3 cm³/mol. The Labute approximate surface area is 95.2 Å². The summed E-state index contributed by atoms with van der Waals surface area (Å²) in [7, 11) is 0. The highest BCUT2D eigenvalue weighted by atomic mass is 16.2. The van der Waals surface area contributed by atoms with Crippen LogP contribution in [-0.4, -0.2) is 18.0 Å². The van der Waals surface area contributed by atoms with E-state index in [1.807, 2.05) is 18.2 Å². The van der Waals surface area contributed by atoms with Gasteiger partial charge in [-0.2, -0.15) is 0 Å². The Morgan fingerprint density at radius 3 is 2.88 bits per heavy atom. The second-order valence-electron chi connectivity index (χ2n) is 4.68. The van der Waals surface area contributed by atoms with Gasteiger partial charge in [-0.3, -0.25) is 4.79 Å². The van der Waals surface area contributed by atoms with E-state index in [1.54, 1.807) is 0 Å². The summed E-state index contributed by atoms with van der Waals surface area (Å²) in [5.74, 6) is 0.164. The topological polar surface area (TPSA) is 41.1 Å². The fraction of sp³-hybridized carbons (Fsp3) is 0.462. The summed E-state index contributed by atoms with van der Waals surface area (Å²) in [5.41, 5.74) is 2.43. The lowest BCUT2D eigenvalue weighted by molar-refractivity contribution is -0.122. The van der Waals surface area contributed by atoms with Gasteiger partial charge in [0.25, 0.3) is 0 Å². The molecule has 3 heteroatoms. The van der Waals surface area contributed by atoms with Gasteiger partial charge >= 0.3 is 0 Å². The average molecular weight is 216 g/mol. The molecule has 84 valence electrons. The number of nitrogens with one attached hydrogen (secondary N) is 2. The predicted octanol–water partition coefficient (Wildman–Crippen LogP) is 1.69. The molecule has 1 amide bonds. The van der Waals surface area contributed by atoms with Crippen molar-refractivity contribution < 1.29 is 4.79 Å². The summed E-state index contributed by atoms with van der Waals surface area (Å²) in [5, 5.41) is 6.37. The lowest BCUT2D eigenvalue weighted by Crippen LogP contribution is -2.42. The number of carbonyl (C=O) groups excluding carboxylic acids is 1. The maximum Gasteiger partial charge on any atom is 0.242 e. The first-order chi connectivity index (χ1) is 7.83. The highest BCUT2D eigenvalue weighted by Gasteiger charge is 2.29. The molecular formula is C13H16N2O. The summed E-state index contributed by atoms with van der Waals surface area (Å²) in [6.45, 7) is 0. The summed E-state index contributed by atoms with van der Waals surface area (Å²) >= 11 is 0. The van der Waals surface area contributed by atoms with Gasteiger partial charge in [0.05, 0.1) is 0 Å². The molecule has 2 aliphatic rings. The molecule has 1 atom stereocenters. The van der Waals surface area contributed by atoms with Crippen LogP contribution in [0.3, 0.4) is 0 Å². The SMILES string of the molecule is O=C(NC1CC1)[C@H]1CCc2ccccc2N1. The fourth-order valence-electron chi connectivity index (χ4n) is 2.16. The first kappa shape index (κ1) is 9.70. The van der Waals surface area contributed by atoms with Crippen molar-refractivity contribution in [3.05, 3.63) is 29.8 Å². The molecule has 0 unspecified atom stereocenters. The van der Waals surface area contributed by atoms with Gasteiger partial charge in [-0.25, -0.2) is 0 Å². The van der Waals surface area contributed by atoms with Gasteiger partial charge in [0.1, 0.15) is 6.04 Å². The first-order valence-electron chi connectivity index (χ1n) is 5.98. The van der Waals surface area contributed by atoms with Crippen LogP contribution in [0.4, 0.5) is 5.69 Å². The fourth-order valence-corrected chi connectivity index (χ4v) is 2.16. The number of benzene rings is 1. The van der Waals surface area contributed by atoms with Gasteiger partial charge in [0.15, 0.2) is 0 Å². The van der Waals surface area contributed by atoms with Crippen molar-refractivity contribution in [2.75, 3.05) is 5.32 Å². The van der Waals surface area contributed by atoms with Gasteiger partial charge in [-0.1, -0.05) is 18.2 Å². The zero-order valence-electron chi connectivity index (χ0n) is 9.20. The molecule has 1 aromatic carbocycles. The van der Waals surface area contributed by atoms with E-state index < -0.39 is 0 Å². The number of para-hydroxylation sites is 1. The molecule has 16 heavy (non-hydrogen) atoms. The van der Waals surface area contributed by atoms with Gasteiger partial charge in [-0.15, -0.1) is 0 Å². The molecule has 1 aliphatic heterocycles. The molecule has 0 radical (unpaired) electrons. The molecule has 0 spiro atoms. The molecule has 2 N–H and O–H groups in total. The number of carbonyl (C=O) groups is 1. The minimum absolute atomic E-state index is 0.0458. The van der Waals surface area contributed by atoms with E-state index in [0.717, 1.165) is 31.4 Å². The standard InChI is InChI=1S/C13H16N2O/c16-13(14-10-6-7-10)12-8-5-9-3-1-2-4-11(9)15-12/h1-4,10,12,15H,5-8H2,(H,14,16)/t12-/m1/s1. The minimum atomic E-state index is -0.0458. The van der Waals surface area contributed by atoms with Crippen LogP contribution < -0.4 is 10.6 Å². The number of anilines is 1. The van der Waals surface area contributed by atoms with Gasteiger partial charge in [-0.05, 0) is 37.3 Å². The largest absolute Gasteiger partial charge is 0.373 e. The van der Waals surface area contributed by atoms with E-state index in [2.05, 4.69) is 16.7 Å². The zero-order chi connectivity index (χ0) is 11.0. The molecule has 3 nitrogen and oxygen atoms in total. The number of hydrogen-bond acceptors (Lipinski definition) is 2. The number of hydrogen-bond donors (Lipinski definition) is 2. The molecule has 0 saturated heterocycles.